The summed E-state index contributed by atoms with van der Waals surface area (Å²) < 4.78 is 4.97. The molecule has 0 rings (SSSR count). The third-order valence-electron chi connectivity index (χ3n) is 2.03. The third kappa shape index (κ3) is 8.39. The standard InChI is InChI=1S/C11H23NO3/c1-9(2)15-10(14)7-12-8-11(3,4)5-6-13/h9,12-13H,5-8H2,1-4H3. The number of ether oxygens (including phenoxy) is 1. The summed E-state index contributed by atoms with van der Waals surface area (Å²) in [5.74, 6) is -0.232. The predicted octanol–water partition coefficient (Wildman–Crippen LogP) is 0.936. The van der Waals surface area contributed by atoms with Gasteiger partial charge in [0.05, 0.1) is 12.6 Å². The van der Waals surface area contributed by atoms with Gasteiger partial charge in [-0.1, -0.05) is 13.8 Å². The van der Waals surface area contributed by atoms with E-state index in [1.54, 1.807) is 0 Å². The second kappa shape index (κ2) is 6.80. The van der Waals surface area contributed by atoms with Crippen LogP contribution in [0.4, 0.5) is 0 Å². The molecule has 2 N–H and O–H groups in total. The average Bonchev–Trinajstić information content (AvgIpc) is 2.01. The molecule has 0 aliphatic rings. The molecule has 0 radical (unpaired) electrons. The largest absolute Gasteiger partial charge is 0.462 e. The van der Waals surface area contributed by atoms with Crippen LogP contribution in [0.25, 0.3) is 0 Å². The quantitative estimate of drug-likeness (QED) is 0.623. The van der Waals surface area contributed by atoms with Crippen molar-refractivity contribution in [1.29, 1.82) is 0 Å². The summed E-state index contributed by atoms with van der Waals surface area (Å²) in [6.07, 6.45) is 0.656. The molecule has 0 spiro atoms. The molecule has 0 aromatic heterocycles. The van der Waals surface area contributed by atoms with E-state index in [4.69, 9.17) is 9.84 Å². The molecule has 0 saturated carbocycles. The Bertz CT molecular complexity index is 190. The molecule has 0 heterocycles. The van der Waals surface area contributed by atoms with Gasteiger partial charge in [-0.05, 0) is 25.7 Å². The molecular formula is C11H23NO3. The maximum Gasteiger partial charge on any atom is 0.320 e. The molecule has 0 aliphatic heterocycles. The minimum absolute atomic E-state index is 0.00681. The van der Waals surface area contributed by atoms with Crippen LogP contribution in [0.15, 0.2) is 0 Å². The first kappa shape index (κ1) is 14.4. The van der Waals surface area contributed by atoms with Crippen LogP contribution in [0.1, 0.15) is 34.1 Å². The number of nitrogens with one attached hydrogen (secondary N) is 1. The van der Waals surface area contributed by atoms with Crippen LogP contribution < -0.4 is 5.32 Å². The fourth-order valence-electron chi connectivity index (χ4n) is 1.20. The fraction of sp³-hybridized carbons (Fsp3) is 0.909. The van der Waals surface area contributed by atoms with Crippen molar-refractivity contribution in [3.8, 4) is 0 Å². The van der Waals surface area contributed by atoms with Gasteiger partial charge in [0.2, 0.25) is 0 Å². The zero-order valence-electron chi connectivity index (χ0n) is 10.2. The Morgan fingerprint density at radius 1 is 1.47 bits per heavy atom. The van der Waals surface area contributed by atoms with E-state index in [1.807, 2.05) is 27.7 Å². The predicted molar refractivity (Wildman–Crippen MR) is 59.6 cm³/mol. The van der Waals surface area contributed by atoms with Gasteiger partial charge in [0, 0.05) is 13.2 Å². The number of hydrogen-bond acceptors (Lipinski definition) is 4. The maximum absolute atomic E-state index is 11.2. The molecule has 0 atom stereocenters. The van der Waals surface area contributed by atoms with Crippen LogP contribution in [-0.4, -0.2) is 36.9 Å². The molecule has 4 heteroatoms. The van der Waals surface area contributed by atoms with Gasteiger partial charge >= 0.3 is 5.97 Å². The van der Waals surface area contributed by atoms with Crippen molar-refractivity contribution in [3.63, 3.8) is 0 Å². The van der Waals surface area contributed by atoms with Crippen molar-refractivity contribution in [2.45, 2.75) is 40.2 Å². The van der Waals surface area contributed by atoms with Crippen molar-refractivity contribution >= 4 is 5.97 Å². The zero-order valence-corrected chi connectivity index (χ0v) is 10.2. The summed E-state index contributed by atoms with van der Waals surface area (Å²) in [4.78, 5) is 11.2. The van der Waals surface area contributed by atoms with Crippen LogP contribution >= 0.6 is 0 Å². The Hall–Kier alpha value is -0.610. The molecule has 0 aliphatic carbocycles. The van der Waals surface area contributed by atoms with Crippen molar-refractivity contribution in [2.24, 2.45) is 5.41 Å². The lowest BCUT2D eigenvalue weighted by Crippen LogP contribution is -2.34. The van der Waals surface area contributed by atoms with Gasteiger partial charge in [-0.15, -0.1) is 0 Å². The Kier molecular flexibility index (Phi) is 6.52. The van der Waals surface area contributed by atoms with E-state index >= 15 is 0 Å². The Morgan fingerprint density at radius 3 is 2.53 bits per heavy atom. The first-order valence-corrected chi connectivity index (χ1v) is 5.38. The maximum atomic E-state index is 11.2. The lowest BCUT2D eigenvalue weighted by Gasteiger charge is -2.23. The van der Waals surface area contributed by atoms with Crippen LogP contribution in [-0.2, 0) is 9.53 Å². The number of carbonyl (C=O) groups excluding carboxylic acids is 1. The highest BCUT2D eigenvalue weighted by atomic mass is 16.5. The van der Waals surface area contributed by atoms with Crippen molar-refractivity contribution in [1.82, 2.24) is 5.32 Å². The molecular weight excluding hydrogens is 194 g/mol. The molecule has 0 bridgehead atoms. The second-order valence-corrected chi connectivity index (χ2v) is 4.78. The SMILES string of the molecule is CC(C)OC(=O)CNCC(C)(C)CCO. The van der Waals surface area contributed by atoms with Gasteiger partial charge < -0.3 is 15.2 Å². The van der Waals surface area contributed by atoms with E-state index in [9.17, 15) is 4.79 Å². The molecule has 15 heavy (non-hydrogen) atoms. The van der Waals surface area contributed by atoms with E-state index in [0.717, 1.165) is 6.42 Å². The molecule has 0 saturated heterocycles. The van der Waals surface area contributed by atoms with Crippen LogP contribution in [0.3, 0.4) is 0 Å². The number of aliphatic hydroxyl groups is 1. The van der Waals surface area contributed by atoms with E-state index in [-0.39, 0.29) is 30.6 Å². The normalized spacial score (nSPS) is 11.9. The van der Waals surface area contributed by atoms with Gasteiger partial charge in [0.1, 0.15) is 0 Å². The highest BCUT2D eigenvalue weighted by molar-refractivity contribution is 5.71. The Labute approximate surface area is 92.0 Å². The highest BCUT2D eigenvalue weighted by Crippen LogP contribution is 2.17. The zero-order chi connectivity index (χ0) is 11.9. The first-order chi connectivity index (χ1) is 6.87. The van der Waals surface area contributed by atoms with Crippen molar-refractivity contribution in [3.05, 3.63) is 0 Å². The summed E-state index contributed by atoms with van der Waals surface area (Å²) in [6.45, 7) is 8.84. The molecule has 90 valence electrons. The van der Waals surface area contributed by atoms with Gasteiger partial charge in [0.15, 0.2) is 0 Å². The summed E-state index contributed by atoms with van der Waals surface area (Å²) in [6, 6.07) is 0. The number of carbonyl (C=O) groups is 1. The fourth-order valence-corrected chi connectivity index (χ4v) is 1.20. The summed E-state index contributed by atoms with van der Waals surface area (Å²) >= 11 is 0. The topological polar surface area (TPSA) is 58.6 Å². The van der Waals surface area contributed by atoms with Gasteiger partial charge in [-0.25, -0.2) is 0 Å². The average molecular weight is 217 g/mol. The van der Waals surface area contributed by atoms with E-state index in [1.165, 1.54) is 0 Å². The minimum Gasteiger partial charge on any atom is -0.462 e. The number of rotatable bonds is 7. The smallest absolute Gasteiger partial charge is 0.320 e. The van der Waals surface area contributed by atoms with E-state index in [0.29, 0.717) is 6.54 Å². The lowest BCUT2D eigenvalue weighted by atomic mass is 9.90. The Morgan fingerprint density at radius 2 is 2.07 bits per heavy atom. The van der Waals surface area contributed by atoms with Gasteiger partial charge in [-0.2, -0.15) is 0 Å². The van der Waals surface area contributed by atoms with Crippen molar-refractivity contribution in [2.75, 3.05) is 19.7 Å². The third-order valence-corrected chi connectivity index (χ3v) is 2.03. The molecule has 0 aromatic rings. The van der Waals surface area contributed by atoms with Crippen LogP contribution in [0.5, 0.6) is 0 Å². The van der Waals surface area contributed by atoms with Crippen LogP contribution in [0, 0.1) is 5.41 Å². The molecule has 0 fully saturated rings. The van der Waals surface area contributed by atoms with E-state index in [2.05, 4.69) is 5.32 Å². The minimum atomic E-state index is -0.232. The number of hydrogen-bond donors (Lipinski definition) is 2. The lowest BCUT2D eigenvalue weighted by molar-refractivity contribution is -0.146. The van der Waals surface area contributed by atoms with E-state index < -0.39 is 0 Å². The van der Waals surface area contributed by atoms with Crippen LogP contribution in [0.2, 0.25) is 0 Å². The summed E-state index contributed by atoms with van der Waals surface area (Å²) in [5, 5.41) is 11.8. The number of esters is 1. The number of aliphatic hydroxyl groups excluding tert-OH is 1. The highest BCUT2D eigenvalue weighted by Gasteiger charge is 2.17. The van der Waals surface area contributed by atoms with Gasteiger partial charge in [-0.3, -0.25) is 4.79 Å². The first-order valence-electron chi connectivity index (χ1n) is 5.38. The molecule has 4 nitrogen and oxygen atoms in total. The molecule has 0 unspecified atom stereocenters. The van der Waals surface area contributed by atoms with Gasteiger partial charge in [0.25, 0.3) is 0 Å². The summed E-state index contributed by atoms with van der Waals surface area (Å²) in [5.41, 5.74) is 0.00681. The second-order valence-electron chi connectivity index (χ2n) is 4.78. The van der Waals surface area contributed by atoms with Crippen molar-refractivity contribution < 1.29 is 14.6 Å². The molecule has 0 aromatic carbocycles. The monoisotopic (exact) mass is 217 g/mol. The summed E-state index contributed by atoms with van der Waals surface area (Å²) in [7, 11) is 0. The molecule has 0 amide bonds. The Balaban J connectivity index is 3.65.